The van der Waals surface area contributed by atoms with Gasteiger partial charge in [-0.2, -0.15) is 0 Å². The van der Waals surface area contributed by atoms with Gasteiger partial charge < -0.3 is 18.9 Å². The smallest absolute Gasteiger partial charge is 0.409 e. The first-order valence-corrected chi connectivity index (χ1v) is 7.72. The molecule has 1 saturated heterocycles. The van der Waals surface area contributed by atoms with Crippen molar-refractivity contribution in [2.75, 3.05) is 20.2 Å². The molecule has 1 amide bonds. The summed E-state index contributed by atoms with van der Waals surface area (Å²) in [6.07, 6.45) is 1.40. The number of benzene rings is 1. The largest absolute Gasteiger partial charge is 0.471 e. The molecule has 0 bridgehead atoms. The lowest BCUT2D eigenvalue weighted by atomic mass is 9.94. The summed E-state index contributed by atoms with van der Waals surface area (Å²) in [5.41, 5.74) is 1.09. The van der Waals surface area contributed by atoms with Crippen LogP contribution in [0.2, 0.25) is 0 Å². The molecule has 1 aromatic heterocycles. The number of carbonyl (C=O) groups is 1. The Morgan fingerprint density at radius 2 is 2.04 bits per heavy atom. The van der Waals surface area contributed by atoms with Gasteiger partial charge >= 0.3 is 6.09 Å². The van der Waals surface area contributed by atoms with Crippen LogP contribution < -0.4 is 4.74 Å². The number of likely N-dealkylation sites (tertiary alicyclic amines) is 1. The lowest BCUT2D eigenvalue weighted by Gasteiger charge is -2.29. The molecule has 1 aromatic carbocycles. The molecule has 6 heteroatoms. The van der Waals surface area contributed by atoms with Gasteiger partial charge in [0.05, 0.1) is 7.11 Å². The highest BCUT2D eigenvalue weighted by Crippen LogP contribution is 2.30. The van der Waals surface area contributed by atoms with Crippen molar-refractivity contribution < 1.29 is 18.8 Å². The van der Waals surface area contributed by atoms with Gasteiger partial charge in [0.15, 0.2) is 0 Å². The Morgan fingerprint density at radius 3 is 2.74 bits per heavy atom. The predicted molar refractivity (Wildman–Crippen MR) is 83.2 cm³/mol. The van der Waals surface area contributed by atoms with Crippen LogP contribution in [0.3, 0.4) is 0 Å². The number of nitrogens with zero attached hydrogens (tertiary/aromatic N) is 2. The maximum absolute atomic E-state index is 11.5. The van der Waals surface area contributed by atoms with Crippen molar-refractivity contribution in [3.63, 3.8) is 0 Å². The van der Waals surface area contributed by atoms with Crippen LogP contribution in [0.5, 0.6) is 5.88 Å². The minimum atomic E-state index is -0.270. The second-order valence-electron chi connectivity index (χ2n) is 5.57. The van der Waals surface area contributed by atoms with Crippen LogP contribution in [0.1, 0.15) is 30.1 Å². The Bertz CT molecular complexity index is 633. The summed E-state index contributed by atoms with van der Waals surface area (Å²) >= 11 is 0. The van der Waals surface area contributed by atoms with Crippen molar-refractivity contribution >= 4 is 6.09 Å². The Labute approximate surface area is 135 Å². The average molecular weight is 316 g/mol. The van der Waals surface area contributed by atoms with Crippen molar-refractivity contribution in [3.8, 4) is 5.88 Å². The molecule has 0 N–H and O–H groups in total. The first-order valence-electron chi connectivity index (χ1n) is 7.72. The molecule has 0 aliphatic carbocycles. The van der Waals surface area contributed by atoms with Crippen molar-refractivity contribution in [2.24, 2.45) is 0 Å². The van der Waals surface area contributed by atoms with Gasteiger partial charge in [-0.3, -0.25) is 0 Å². The van der Waals surface area contributed by atoms with Gasteiger partial charge in [0.2, 0.25) is 0 Å². The summed E-state index contributed by atoms with van der Waals surface area (Å²) in [5, 5.41) is 3.97. The Kier molecular flexibility index (Phi) is 4.80. The first-order chi connectivity index (χ1) is 11.3. The average Bonchev–Trinajstić information content (AvgIpc) is 3.09. The lowest BCUT2D eigenvalue weighted by molar-refractivity contribution is 0.110. The van der Waals surface area contributed by atoms with Crippen LogP contribution >= 0.6 is 0 Å². The monoisotopic (exact) mass is 316 g/mol. The van der Waals surface area contributed by atoms with E-state index in [1.165, 1.54) is 7.11 Å². The van der Waals surface area contributed by atoms with E-state index in [9.17, 15) is 4.79 Å². The summed E-state index contributed by atoms with van der Waals surface area (Å²) in [4.78, 5) is 13.2. The van der Waals surface area contributed by atoms with E-state index in [1.54, 1.807) is 4.90 Å². The maximum atomic E-state index is 11.5. The molecule has 1 aliphatic rings. The van der Waals surface area contributed by atoms with E-state index in [0.29, 0.717) is 25.6 Å². The SMILES string of the molecule is COC(=O)N1CCC(c2cc(OCc3ccccc3)no2)CC1. The molecule has 1 aliphatic heterocycles. The zero-order chi connectivity index (χ0) is 16.1. The third-order valence-corrected chi connectivity index (χ3v) is 4.07. The third-order valence-electron chi connectivity index (χ3n) is 4.07. The number of carbonyl (C=O) groups excluding carboxylic acids is 1. The second-order valence-corrected chi connectivity index (χ2v) is 5.57. The van der Waals surface area contributed by atoms with Crippen molar-refractivity contribution in [1.82, 2.24) is 10.1 Å². The number of hydrogen-bond acceptors (Lipinski definition) is 5. The molecule has 0 unspecified atom stereocenters. The summed E-state index contributed by atoms with van der Waals surface area (Å²) in [5.74, 6) is 1.58. The van der Waals surface area contributed by atoms with Gasteiger partial charge in [-0.1, -0.05) is 30.3 Å². The highest BCUT2D eigenvalue weighted by molar-refractivity contribution is 5.67. The third kappa shape index (κ3) is 3.83. The van der Waals surface area contributed by atoms with Crippen LogP contribution in [0.25, 0.3) is 0 Å². The zero-order valence-corrected chi connectivity index (χ0v) is 13.1. The molecule has 0 spiro atoms. The second kappa shape index (κ2) is 7.17. The van der Waals surface area contributed by atoms with Crippen LogP contribution in [0.4, 0.5) is 4.79 Å². The van der Waals surface area contributed by atoms with E-state index in [0.717, 1.165) is 24.2 Å². The van der Waals surface area contributed by atoms with Crippen LogP contribution in [-0.2, 0) is 11.3 Å². The number of ether oxygens (including phenoxy) is 2. The van der Waals surface area contributed by atoms with E-state index in [-0.39, 0.29) is 12.0 Å². The zero-order valence-electron chi connectivity index (χ0n) is 13.1. The fourth-order valence-corrected chi connectivity index (χ4v) is 2.74. The van der Waals surface area contributed by atoms with Crippen LogP contribution in [-0.4, -0.2) is 36.3 Å². The Balaban J connectivity index is 1.52. The molecule has 0 radical (unpaired) electrons. The fraction of sp³-hybridized carbons (Fsp3) is 0.412. The number of amides is 1. The highest BCUT2D eigenvalue weighted by Gasteiger charge is 2.26. The van der Waals surface area contributed by atoms with Crippen molar-refractivity contribution in [1.29, 1.82) is 0 Å². The van der Waals surface area contributed by atoms with E-state index >= 15 is 0 Å². The molecule has 122 valence electrons. The standard InChI is InChI=1S/C17H20N2O4/c1-21-17(20)19-9-7-14(8-10-19)15-11-16(18-23-15)22-12-13-5-3-2-4-6-13/h2-6,11,14H,7-10,12H2,1H3. The normalized spacial score (nSPS) is 15.4. The summed E-state index contributed by atoms with van der Waals surface area (Å²) < 4.78 is 15.8. The molecule has 2 heterocycles. The summed E-state index contributed by atoms with van der Waals surface area (Å²) in [6.45, 7) is 1.80. The maximum Gasteiger partial charge on any atom is 0.409 e. The quantitative estimate of drug-likeness (QED) is 0.866. The number of methoxy groups -OCH3 is 1. The van der Waals surface area contributed by atoms with Crippen molar-refractivity contribution in [3.05, 3.63) is 47.7 Å². The molecule has 0 saturated carbocycles. The number of hydrogen-bond donors (Lipinski definition) is 0. The molecule has 3 rings (SSSR count). The predicted octanol–water partition coefficient (Wildman–Crippen LogP) is 3.20. The molecule has 2 aromatic rings. The molecular formula is C17H20N2O4. The van der Waals surface area contributed by atoms with E-state index in [1.807, 2.05) is 36.4 Å². The molecule has 0 atom stereocenters. The van der Waals surface area contributed by atoms with E-state index in [2.05, 4.69) is 5.16 Å². The van der Waals surface area contributed by atoms with Crippen molar-refractivity contribution in [2.45, 2.75) is 25.4 Å². The highest BCUT2D eigenvalue weighted by atomic mass is 16.5. The van der Waals surface area contributed by atoms with Gasteiger partial charge in [0, 0.05) is 25.1 Å². The summed E-state index contributed by atoms with van der Waals surface area (Å²) in [7, 11) is 1.40. The van der Waals surface area contributed by atoms with Gasteiger partial charge in [-0.15, -0.1) is 0 Å². The van der Waals surface area contributed by atoms with E-state index < -0.39 is 0 Å². The number of aromatic nitrogens is 1. The molecule has 23 heavy (non-hydrogen) atoms. The fourth-order valence-electron chi connectivity index (χ4n) is 2.74. The summed E-state index contributed by atoms with van der Waals surface area (Å²) in [6, 6.07) is 11.8. The Morgan fingerprint density at radius 1 is 1.30 bits per heavy atom. The topological polar surface area (TPSA) is 64.8 Å². The van der Waals surface area contributed by atoms with Gasteiger partial charge in [0.25, 0.3) is 5.88 Å². The van der Waals surface area contributed by atoms with Gasteiger partial charge in [-0.05, 0) is 23.6 Å². The van der Waals surface area contributed by atoms with Crippen LogP contribution in [0.15, 0.2) is 40.9 Å². The van der Waals surface area contributed by atoms with Gasteiger partial charge in [0.1, 0.15) is 12.4 Å². The molecular weight excluding hydrogens is 296 g/mol. The molecule has 6 nitrogen and oxygen atoms in total. The Hall–Kier alpha value is -2.50. The number of rotatable bonds is 4. The minimum absolute atomic E-state index is 0.262. The minimum Gasteiger partial charge on any atom is -0.471 e. The number of piperidine rings is 1. The lowest BCUT2D eigenvalue weighted by Crippen LogP contribution is -2.37. The van der Waals surface area contributed by atoms with E-state index in [4.69, 9.17) is 14.0 Å². The first kappa shape index (κ1) is 15.4. The van der Waals surface area contributed by atoms with Crippen LogP contribution in [0, 0.1) is 0 Å². The molecule has 1 fully saturated rings. The van der Waals surface area contributed by atoms with Gasteiger partial charge in [-0.25, -0.2) is 4.79 Å².